The number of carbonyl (C=O) groups excluding carboxylic acids is 4. The Morgan fingerprint density at radius 3 is 2.52 bits per heavy atom. The number of nitrogens with one attached hydrogen (secondary N) is 2. The van der Waals surface area contributed by atoms with Crippen molar-refractivity contribution >= 4 is 35.4 Å². The highest BCUT2D eigenvalue weighted by Crippen LogP contribution is 2.21. The number of rotatable bonds is 8. The summed E-state index contributed by atoms with van der Waals surface area (Å²) < 4.78 is 0. The molecule has 2 N–H and O–H groups in total. The Kier molecular flexibility index (Phi) is 7.21. The Morgan fingerprint density at radius 2 is 1.95 bits per heavy atom. The molecule has 1 heterocycles. The molecular formula is C13H21N3O4S. The number of carbonyl (C=O) groups is 4. The molecule has 7 nitrogen and oxygen atoms in total. The summed E-state index contributed by atoms with van der Waals surface area (Å²) in [5.41, 5.74) is 0. The summed E-state index contributed by atoms with van der Waals surface area (Å²) >= 11 is 1.21. The Hall–Kier alpha value is -1.57. The number of hydrogen-bond acceptors (Lipinski definition) is 5. The summed E-state index contributed by atoms with van der Waals surface area (Å²) in [6, 6.07) is 0. The molecule has 0 saturated carbocycles. The Bertz CT molecular complexity index is 428. The van der Waals surface area contributed by atoms with Crippen LogP contribution in [0, 0.1) is 5.92 Å². The van der Waals surface area contributed by atoms with Gasteiger partial charge in [-0.15, -0.1) is 11.8 Å². The van der Waals surface area contributed by atoms with E-state index in [4.69, 9.17) is 0 Å². The minimum Gasteiger partial charge on any atom is -0.358 e. The van der Waals surface area contributed by atoms with Gasteiger partial charge in [-0.25, -0.2) is 0 Å². The molecular weight excluding hydrogens is 294 g/mol. The van der Waals surface area contributed by atoms with E-state index in [9.17, 15) is 19.2 Å². The van der Waals surface area contributed by atoms with Gasteiger partial charge in [-0.05, 0) is 6.42 Å². The van der Waals surface area contributed by atoms with Crippen molar-refractivity contribution in [3.8, 4) is 0 Å². The van der Waals surface area contributed by atoms with Crippen LogP contribution in [0.3, 0.4) is 0 Å². The van der Waals surface area contributed by atoms with Crippen LogP contribution in [0.2, 0.25) is 0 Å². The molecule has 0 aromatic heterocycles. The molecule has 0 unspecified atom stereocenters. The van der Waals surface area contributed by atoms with Gasteiger partial charge in [-0.1, -0.05) is 6.92 Å². The van der Waals surface area contributed by atoms with Gasteiger partial charge in [0.15, 0.2) is 0 Å². The normalized spacial score (nSPS) is 18.0. The molecule has 0 spiro atoms. The molecule has 1 aliphatic rings. The van der Waals surface area contributed by atoms with Gasteiger partial charge in [0.25, 0.3) is 0 Å². The van der Waals surface area contributed by atoms with Crippen LogP contribution >= 0.6 is 11.8 Å². The van der Waals surface area contributed by atoms with Crippen LogP contribution in [0.1, 0.15) is 19.8 Å². The van der Waals surface area contributed by atoms with Crippen molar-refractivity contribution in [2.75, 3.05) is 31.6 Å². The van der Waals surface area contributed by atoms with Crippen LogP contribution < -0.4 is 10.6 Å². The summed E-state index contributed by atoms with van der Waals surface area (Å²) in [4.78, 5) is 47.2. The van der Waals surface area contributed by atoms with Crippen molar-refractivity contribution in [3.05, 3.63) is 0 Å². The van der Waals surface area contributed by atoms with E-state index in [0.717, 1.165) is 0 Å². The molecule has 0 aromatic rings. The van der Waals surface area contributed by atoms with E-state index in [1.165, 1.54) is 23.7 Å². The maximum absolute atomic E-state index is 11.8. The lowest BCUT2D eigenvalue weighted by Crippen LogP contribution is -2.39. The summed E-state index contributed by atoms with van der Waals surface area (Å²) in [6.07, 6.45) is 0.925. The first-order valence-electron chi connectivity index (χ1n) is 6.88. The summed E-state index contributed by atoms with van der Waals surface area (Å²) in [7, 11) is 1.54. The van der Waals surface area contributed by atoms with Gasteiger partial charge in [-0.2, -0.15) is 0 Å². The standard InChI is InChI=1S/C13H21N3O4S/c1-3-9-6-12(19)16(13(9)20)5-4-15-11(18)8-21-7-10(17)14-2/h9H,3-8H2,1-2H3,(H,14,17)(H,15,18)/t9-/m1/s1. The van der Waals surface area contributed by atoms with Gasteiger partial charge < -0.3 is 10.6 Å². The summed E-state index contributed by atoms with van der Waals surface area (Å²) in [5, 5.41) is 5.10. The lowest BCUT2D eigenvalue weighted by Gasteiger charge is -2.15. The number of hydrogen-bond donors (Lipinski definition) is 2. The van der Waals surface area contributed by atoms with Crippen molar-refractivity contribution in [2.45, 2.75) is 19.8 Å². The Balaban J connectivity index is 2.21. The van der Waals surface area contributed by atoms with Gasteiger partial charge in [-0.3, -0.25) is 24.1 Å². The van der Waals surface area contributed by atoms with E-state index < -0.39 is 0 Å². The predicted octanol–water partition coefficient (Wildman–Crippen LogP) is -0.633. The fraction of sp³-hybridized carbons (Fsp3) is 0.692. The zero-order valence-corrected chi connectivity index (χ0v) is 13.1. The zero-order valence-electron chi connectivity index (χ0n) is 12.3. The minimum atomic E-state index is -0.213. The van der Waals surface area contributed by atoms with Crippen molar-refractivity contribution in [1.82, 2.24) is 15.5 Å². The van der Waals surface area contributed by atoms with Crippen LogP contribution in [-0.2, 0) is 19.2 Å². The topological polar surface area (TPSA) is 95.6 Å². The first kappa shape index (κ1) is 17.5. The highest BCUT2D eigenvalue weighted by molar-refractivity contribution is 8.00. The van der Waals surface area contributed by atoms with Gasteiger partial charge >= 0.3 is 0 Å². The van der Waals surface area contributed by atoms with Gasteiger partial charge in [0.1, 0.15) is 0 Å². The molecule has 21 heavy (non-hydrogen) atoms. The monoisotopic (exact) mass is 315 g/mol. The largest absolute Gasteiger partial charge is 0.358 e. The van der Waals surface area contributed by atoms with Crippen molar-refractivity contribution in [1.29, 1.82) is 0 Å². The molecule has 1 atom stereocenters. The maximum Gasteiger partial charge on any atom is 0.232 e. The molecule has 1 saturated heterocycles. The van der Waals surface area contributed by atoms with Crippen LogP contribution in [0.4, 0.5) is 0 Å². The van der Waals surface area contributed by atoms with E-state index in [1.54, 1.807) is 0 Å². The molecule has 118 valence electrons. The van der Waals surface area contributed by atoms with Crippen LogP contribution in [0.15, 0.2) is 0 Å². The van der Waals surface area contributed by atoms with Crippen LogP contribution in [0.25, 0.3) is 0 Å². The predicted molar refractivity (Wildman–Crippen MR) is 79.5 cm³/mol. The lowest BCUT2D eigenvalue weighted by atomic mass is 10.1. The van der Waals surface area contributed by atoms with E-state index in [2.05, 4.69) is 10.6 Å². The van der Waals surface area contributed by atoms with Crippen LogP contribution in [-0.4, -0.2) is 60.2 Å². The zero-order chi connectivity index (χ0) is 15.8. The second-order valence-corrected chi connectivity index (χ2v) is 5.69. The molecule has 4 amide bonds. The molecule has 1 fully saturated rings. The summed E-state index contributed by atoms with van der Waals surface area (Å²) in [6.45, 7) is 2.33. The SMILES string of the molecule is CC[C@@H]1CC(=O)N(CCNC(=O)CSCC(=O)NC)C1=O. The van der Waals surface area contributed by atoms with Crippen molar-refractivity contribution < 1.29 is 19.2 Å². The molecule has 0 bridgehead atoms. The average molecular weight is 315 g/mol. The molecule has 0 radical (unpaired) electrons. The van der Waals surface area contributed by atoms with E-state index >= 15 is 0 Å². The van der Waals surface area contributed by atoms with E-state index in [-0.39, 0.29) is 60.6 Å². The average Bonchev–Trinajstić information content (AvgIpc) is 2.74. The second kappa shape index (κ2) is 8.66. The highest BCUT2D eigenvalue weighted by atomic mass is 32.2. The van der Waals surface area contributed by atoms with E-state index in [0.29, 0.717) is 6.42 Å². The fourth-order valence-corrected chi connectivity index (χ4v) is 2.69. The number of likely N-dealkylation sites (tertiary alicyclic amines) is 1. The molecule has 1 aliphatic heterocycles. The maximum atomic E-state index is 11.8. The van der Waals surface area contributed by atoms with Crippen molar-refractivity contribution in [3.63, 3.8) is 0 Å². The third kappa shape index (κ3) is 5.37. The second-order valence-electron chi connectivity index (χ2n) is 4.71. The smallest absolute Gasteiger partial charge is 0.232 e. The van der Waals surface area contributed by atoms with Crippen LogP contribution in [0.5, 0.6) is 0 Å². The molecule has 1 rings (SSSR count). The fourth-order valence-electron chi connectivity index (χ4n) is 1.97. The Labute approximate surface area is 128 Å². The number of imide groups is 1. The quantitative estimate of drug-likeness (QED) is 0.581. The molecule has 0 aromatic carbocycles. The third-order valence-corrected chi connectivity index (χ3v) is 4.17. The number of amides is 4. The van der Waals surface area contributed by atoms with Gasteiger partial charge in [0, 0.05) is 32.5 Å². The van der Waals surface area contributed by atoms with Gasteiger partial charge in [0.05, 0.1) is 11.5 Å². The number of nitrogens with zero attached hydrogens (tertiary/aromatic N) is 1. The number of thioether (sulfide) groups is 1. The Morgan fingerprint density at radius 1 is 1.29 bits per heavy atom. The minimum absolute atomic E-state index is 0.133. The van der Waals surface area contributed by atoms with Gasteiger partial charge in [0.2, 0.25) is 23.6 Å². The highest BCUT2D eigenvalue weighted by Gasteiger charge is 2.36. The first-order chi connectivity index (χ1) is 9.99. The first-order valence-corrected chi connectivity index (χ1v) is 8.04. The lowest BCUT2D eigenvalue weighted by molar-refractivity contribution is -0.139. The van der Waals surface area contributed by atoms with Crippen molar-refractivity contribution in [2.24, 2.45) is 5.92 Å². The van der Waals surface area contributed by atoms with E-state index in [1.807, 2.05) is 6.92 Å². The summed E-state index contributed by atoms with van der Waals surface area (Å²) in [5.74, 6) is -0.475. The molecule has 8 heteroatoms. The third-order valence-electron chi connectivity index (χ3n) is 3.23. The molecule has 0 aliphatic carbocycles.